The first kappa shape index (κ1) is 14.7. The number of primary amides is 1. The average Bonchev–Trinajstić information content (AvgIpc) is 2.16. The normalized spacial score (nSPS) is 11.9. The largest absolute Gasteiger partial charge is 0.383 e. The highest BCUT2D eigenvalue weighted by Crippen LogP contribution is 1.81. The van der Waals surface area contributed by atoms with Crippen molar-refractivity contribution in [1.29, 1.82) is 0 Å². The molecule has 0 aromatic carbocycles. The first-order valence-corrected chi connectivity index (χ1v) is 5.08. The molecule has 3 amide bonds. The van der Waals surface area contributed by atoms with Gasteiger partial charge in [0.05, 0.1) is 13.2 Å². The molecule has 0 fully saturated rings. The Morgan fingerprint density at radius 1 is 1.38 bits per heavy atom. The van der Waals surface area contributed by atoms with Crippen molar-refractivity contribution in [2.45, 2.75) is 13.0 Å². The van der Waals surface area contributed by atoms with Crippen LogP contribution in [-0.4, -0.2) is 51.3 Å². The quantitative estimate of drug-likeness (QED) is 0.378. The Morgan fingerprint density at radius 3 is 2.62 bits per heavy atom. The Balaban J connectivity index is 3.40. The summed E-state index contributed by atoms with van der Waals surface area (Å²) in [5.74, 6) is -0.108. The van der Waals surface area contributed by atoms with Crippen LogP contribution in [-0.2, 0) is 9.53 Å². The number of amides is 3. The van der Waals surface area contributed by atoms with E-state index in [4.69, 9.17) is 10.5 Å². The molecule has 0 bridgehead atoms. The van der Waals surface area contributed by atoms with Gasteiger partial charge in [0.15, 0.2) is 0 Å². The predicted molar refractivity (Wildman–Crippen MR) is 59.9 cm³/mol. The number of nitrogens with two attached hydrogens (primary N) is 1. The predicted octanol–water partition coefficient (Wildman–Crippen LogP) is -1.60. The zero-order valence-electron chi connectivity index (χ0n) is 9.71. The van der Waals surface area contributed by atoms with Crippen LogP contribution in [0.1, 0.15) is 6.92 Å². The van der Waals surface area contributed by atoms with Crippen molar-refractivity contribution in [3.8, 4) is 0 Å². The molecule has 0 saturated heterocycles. The van der Waals surface area contributed by atoms with Crippen molar-refractivity contribution < 1.29 is 14.3 Å². The topological polar surface area (TPSA) is 105 Å². The highest BCUT2D eigenvalue weighted by molar-refractivity contribution is 5.78. The number of carbonyl (C=O) groups is 2. The van der Waals surface area contributed by atoms with Crippen LogP contribution in [0.25, 0.3) is 0 Å². The van der Waals surface area contributed by atoms with E-state index >= 15 is 0 Å². The molecule has 1 atom stereocenters. The molecule has 7 nitrogen and oxygen atoms in total. The smallest absolute Gasteiger partial charge is 0.312 e. The number of carbonyl (C=O) groups excluding carboxylic acids is 2. The minimum atomic E-state index is -0.569. The molecule has 5 N–H and O–H groups in total. The van der Waals surface area contributed by atoms with Crippen molar-refractivity contribution in [2.24, 2.45) is 5.73 Å². The molecule has 0 aromatic rings. The Morgan fingerprint density at radius 2 is 2.06 bits per heavy atom. The van der Waals surface area contributed by atoms with Crippen LogP contribution in [0.2, 0.25) is 0 Å². The van der Waals surface area contributed by atoms with Gasteiger partial charge in [-0.2, -0.15) is 0 Å². The lowest BCUT2D eigenvalue weighted by Gasteiger charge is -2.12. The fraction of sp³-hybridized carbons (Fsp3) is 0.778. The molecular weight excluding hydrogens is 212 g/mol. The molecule has 0 aromatic heterocycles. The van der Waals surface area contributed by atoms with Gasteiger partial charge in [-0.05, 0) is 6.92 Å². The van der Waals surface area contributed by atoms with Crippen molar-refractivity contribution in [3.63, 3.8) is 0 Å². The lowest BCUT2D eigenvalue weighted by Crippen LogP contribution is -2.43. The second kappa shape index (κ2) is 8.93. The molecule has 0 aliphatic heterocycles. The molecular formula is C9H20N4O3. The fourth-order valence-corrected chi connectivity index (χ4v) is 1.09. The average molecular weight is 232 g/mol. The van der Waals surface area contributed by atoms with Crippen LogP contribution in [0.3, 0.4) is 0 Å². The third-order valence-corrected chi connectivity index (χ3v) is 1.71. The SMILES string of the molecule is COCC(C)NC(=O)CNCCNC(N)=O. The molecule has 1 unspecified atom stereocenters. The van der Waals surface area contributed by atoms with E-state index in [0.717, 1.165) is 0 Å². The maximum absolute atomic E-state index is 11.3. The van der Waals surface area contributed by atoms with E-state index in [1.165, 1.54) is 0 Å². The maximum Gasteiger partial charge on any atom is 0.312 e. The number of ether oxygens (including phenoxy) is 1. The van der Waals surface area contributed by atoms with Crippen molar-refractivity contribution >= 4 is 11.9 Å². The number of hydrogen-bond donors (Lipinski definition) is 4. The Bertz CT molecular complexity index is 223. The summed E-state index contributed by atoms with van der Waals surface area (Å²) >= 11 is 0. The van der Waals surface area contributed by atoms with E-state index in [-0.39, 0.29) is 18.5 Å². The molecule has 0 saturated carbocycles. The Hall–Kier alpha value is -1.34. The summed E-state index contributed by atoms with van der Waals surface area (Å²) in [6.45, 7) is 3.44. The van der Waals surface area contributed by atoms with Gasteiger partial charge in [-0.25, -0.2) is 4.79 Å². The fourth-order valence-electron chi connectivity index (χ4n) is 1.09. The van der Waals surface area contributed by atoms with Gasteiger partial charge in [0.2, 0.25) is 5.91 Å². The van der Waals surface area contributed by atoms with Crippen molar-refractivity contribution in [3.05, 3.63) is 0 Å². The van der Waals surface area contributed by atoms with Gasteiger partial charge in [-0.15, -0.1) is 0 Å². The monoisotopic (exact) mass is 232 g/mol. The van der Waals surface area contributed by atoms with Crippen molar-refractivity contribution in [2.75, 3.05) is 33.4 Å². The summed E-state index contributed by atoms with van der Waals surface area (Å²) in [7, 11) is 1.58. The lowest BCUT2D eigenvalue weighted by atomic mass is 10.3. The number of nitrogens with one attached hydrogen (secondary N) is 3. The highest BCUT2D eigenvalue weighted by atomic mass is 16.5. The van der Waals surface area contributed by atoms with Gasteiger partial charge < -0.3 is 26.4 Å². The van der Waals surface area contributed by atoms with Crippen LogP contribution in [0.4, 0.5) is 4.79 Å². The van der Waals surface area contributed by atoms with E-state index < -0.39 is 6.03 Å². The highest BCUT2D eigenvalue weighted by Gasteiger charge is 2.05. The number of urea groups is 1. The summed E-state index contributed by atoms with van der Waals surface area (Å²) in [5.41, 5.74) is 4.86. The van der Waals surface area contributed by atoms with Gasteiger partial charge in [0.25, 0.3) is 0 Å². The molecule has 7 heteroatoms. The van der Waals surface area contributed by atoms with Crippen LogP contribution in [0, 0.1) is 0 Å². The Labute approximate surface area is 95.1 Å². The molecule has 0 aliphatic rings. The maximum atomic E-state index is 11.3. The lowest BCUT2D eigenvalue weighted by molar-refractivity contribution is -0.121. The second-order valence-electron chi connectivity index (χ2n) is 3.39. The Kier molecular flexibility index (Phi) is 8.18. The summed E-state index contributed by atoms with van der Waals surface area (Å²) in [6.07, 6.45) is 0. The van der Waals surface area contributed by atoms with Crippen molar-refractivity contribution in [1.82, 2.24) is 16.0 Å². The molecule has 0 spiro atoms. The number of rotatable bonds is 8. The third kappa shape index (κ3) is 9.22. The van der Waals surface area contributed by atoms with Gasteiger partial charge in [-0.3, -0.25) is 4.79 Å². The number of hydrogen-bond acceptors (Lipinski definition) is 4. The molecule has 94 valence electrons. The van der Waals surface area contributed by atoms with Gasteiger partial charge >= 0.3 is 6.03 Å². The van der Waals surface area contributed by atoms with Crippen LogP contribution in [0.15, 0.2) is 0 Å². The molecule has 0 heterocycles. The standard InChI is InChI=1S/C9H20N4O3/c1-7(6-16-2)13-8(14)5-11-3-4-12-9(10)15/h7,11H,3-6H2,1-2H3,(H,13,14)(H3,10,12,15). The minimum Gasteiger partial charge on any atom is -0.383 e. The summed E-state index contributed by atoms with van der Waals surface area (Å²) in [6, 6.07) is -0.581. The summed E-state index contributed by atoms with van der Waals surface area (Å²) in [4.78, 5) is 21.6. The molecule has 0 radical (unpaired) electrons. The summed E-state index contributed by atoms with van der Waals surface area (Å²) in [5, 5.41) is 8.01. The van der Waals surface area contributed by atoms with Crippen LogP contribution >= 0.6 is 0 Å². The third-order valence-electron chi connectivity index (χ3n) is 1.71. The van der Waals surface area contributed by atoms with E-state index in [1.807, 2.05) is 6.92 Å². The van der Waals surface area contributed by atoms with E-state index in [9.17, 15) is 9.59 Å². The van der Waals surface area contributed by atoms with Gasteiger partial charge in [0, 0.05) is 26.2 Å². The second-order valence-corrected chi connectivity index (χ2v) is 3.39. The van der Waals surface area contributed by atoms with Crippen LogP contribution < -0.4 is 21.7 Å². The molecule has 16 heavy (non-hydrogen) atoms. The van der Waals surface area contributed by atoms with E-state index in [0.29, 0.717) is 19.7 Å². The minimum absolute atomic E-state index is 0.0111. The number of methoxy groups -OCH3 is 1. The van der Waals surface area contributed by atoms with Gasteiger partial charge in [0.1, 0.15) is 0 Å². The zero-order valence-corrected chi connectivity index (χ0v) is 9.71. The van der Waals surface area contributed by atoms with Gasteiger partial charge in [-0.1, -0.05) is 0 Å². The summed E-state index contributed by atoms with van der Waals surface area (Å²) < 4.78 is 4.88. The first-order chi connectivity index (χ1) is 7.56. The van der Waals surface area contributed by atoms with E-state index in [1.54, 1.807) is 7.11 Å². The zero-order chi connectivity index (χ0) is 12.4. The molecule has 0 aliphatic carbocycles. The van der Waals surface area contributed by atoms with Crippen LogP contribution in [0.5, 0.6) is 0 Å². The van der Waals surface area contributed by atoms with E-state index in [2.05, 4.69) is 16.0 Å². The first-order valence-electron chi connectivity index (χ1n) is 5.08. The molecule has 0 rings (SSSR count).